The van der Waals surface area contributed by atoms with Crippen molar-refractivity contribution in [3.8, 4) is 0 Å². The molecule has 0 aliphatic heterocycles. The maximum absolute atomic E-state index is 13.0. The summed E-state index contributed by atoms with van der Waals surface area (Å²) in [6.45, 7) is 3.90. The topological polar surface area (TPSA) is 20.2 Å². The molecule has 1 saturated carbocycles. The molecule has 60 valence electrons. The van der Waals surface area contributed by atoms with Crippen LogP contribution in [0.25, 0.3) is 0 Å². The minimum atomic E-state index is -1.23. The fraction of sp³-hybridized carbons (Fsp3) is 1.00. The van der Waals surface area contributed by atoms with Crippen molar-refractivity contribution in [1.29, 1.82) is 0 Å². The number of hydrogen-bond donors (Lipinski definition) is 1. The average molecular weight is 146 g/mol. The molecule has 0 atom stereocenters. The van der Waals surface area contributed by atoms with Gasteiger partial charge < -0.3 is 5.11 Å². The fourth-order valence-electron chi connectivity index (χ4n) is 1.48. The van der Waals surface area contributed by atoms with E-state index in [9.17, 15) is 4.39 Å². The monoisotopic (exact) mass is 146 g/mol. The van der Waals surface area contributed by atoms with E-state index in [1.165, 1.54) is 0 Å². The fourth-order valence-corrected chi connectivity index (χ4v) is 1.48. The lowest BCUT2D eigenvalue weighted by molar-refractivity contribution is -0.0538. The zero-order valence-corrected chi connectivity index (χ0v) is 6.60. The van der Waals surface area contributed by atoms with Gasteiger partial charge in [0.2, 0.25) is 0 Å². The van der Waals surface area contributed by atoms with Crippen LogP contribution < -0.4 is 0 Å². The van der Waals surface area contributed by atoms with Gasteiger partial charge in [0.25, 0.3) is 0 Å². The van der Waals surface area contributed by atoms with Crippen LogP contribution in [0.1, 0.15) is 26.7 Å². The molecule has 0 saturated heterocycles. The van der Waals surface area contributed by atoms with Crippen molar-refractivity contribution in [3.05, 3.63) is 0 Å². The van der Waals surface area contributed by atoms with Gasteiger partial charge in [-0.25, -0.2) is 4.39 Å². The molecule has 0 aromatic carbocycles. The predicted molar refractivity (Wildman–Crippen MR) is 38.5 cm³/mol. The number of aliphatic hydroxyl groups is 1. The van der Waals surface area contributed by atoms with E-state index in [0.717, 1.165) is 0 Å². The maximum atomic E-state index is 13.0. The highest BCUT2D eigenvalue weighted by Crippen LogP contribution is 2.44. The molecule has 0 unspecified atom stereocenters. The summed E-state index contributed by atoms with van der Waals surface area (Å²) < 4.78 is 13.0. The van der Waals surface area contributed by atoms with Crippen LogP contribution in [0.4, 0.5) is 4.39 Å². The first-order chi connectivity index (χ1) is 4.57. The van der Waals surface area contributed by atoms with Crippen molar-refractivity contribution in [2.45, 2.75) is 32.4 Å². The third kappa shape index (κ3) is 1.31. The van der Waals surface area contributed by atoms with E-state index in [2.05, 4.69) is 13.8 Å². The van der Waals surface area contributed by atoms with Crippen LogP contribution in [0.15, 0.2) is 0 Å². The van der Waals surface area contributed by atoms with Gasteiger partial charge in [-0.05, 0) is 24.7 Å². The SMILES string of the molecule is CC(C)C1CC(F)(CO)C1. The minimum Gasteiger partial charge on any atom is -0.393 e. The molecule has 1 aliphatic rings. The quantitative estimate of drug-likeness (QED) is 0.629. The predicted octanol–water partition coefficient (Wildman–Crippen LogP) is 1.75. The van der Waals surface area contributed by atoms with Crippen LogP contribution >= 0.6 is 0 Å². The molecule has 1 nitrogen and oxygen atoms in total. The van der Waals surface area contributed by atoms with Crippen LogP contribution in [0, 0.1) is 11.8 Å². The number of alkyl halides is 1. The Bertz CT molecular complexity index is 116. The van der Waals surface area contributed by atoms with Crippen LogP contribution in [-0.4, -0.2) is 17.4 Å². The first-order valence-corrected chi connectivity index (χ1v) is 3.87. The highest BCUT2D eigenvalue weighted by atomic mass is 19.1. The Morgan fingerprint density at radius 2 is 2.10 bits per heavy atom. The Morgan fingerprint density at radius 1 is 1.60 bits per heavy atom. The van der Waals surface area contributed by atoms with Gasteiger partial charge in [0, 0.05) is 0 Å². The third-order valence-corrected chi connectivity index (χ3v) is 2.48. The Hall–Kier alpha value is -0.110. The van der Waals surface area contributed by atoms with Gasteiger partial charge in [-0.15, -0.1) is 0 Å². The average Bonchev–Trinajstić information content (AvgIpc) is 1.80. The smallest absolute Gasteiger partial charge is 0.134 e. The molecule has 0 aromatic rings. The van der Waals surface area contributed by atoms with E-state index < -0.39 is 5.67 Å². The van der Waals surface area contributed by atoms with Gasteiger partial charge in [0.05, 0.1) is 6.61 Å². The molecule has 2 heteroatoms. The zero-order chi connectivity index (χ0) is 7.78. The molecular formula is C8H15FO. The van der Waals surface area contributed by atoms with Crippen LogP contribution in [-0.2, 0) is 0 Å². The highest BCUT2D eigenvalue weighted by Gasteiger charge is 2.45. The second-order valence-electron chi connectivity index (χ2n) is 3.72. The largest absolute Gasteiger partial charge is 0.393 e. The van der Waals surface area contributed by atoms with Crippen molar-refractivity contribution in [2.24, 2.45) is 11.8 Å². The normalized spacial score (nSPS) is 39.9. The molecule has 1 fully saturated rings. The Kier molecular flexibility index (Phi) is 1.99. The Balaban J connectivity index is 2.29. The van der Waals surface area contributed by atoms with Gasteiger partial charge in [0.1, 0.15) is 5.67 Å². The van der Waals surface area contributed by atoms with Crippen molar-refractivity contribution >= 4 is 0 Å². The lowest BCUT2D eigenvalue weighted by atomic mass is 9.68. The molecule has 0 heterocycles. The van der Waals surface area contributed by atoms with Crippen molar-refractivity contribution in [2.75, 3.05) is 6.61 Å². The summed E-state index contributed by atoms with van der Waals surface area (Å²) in [6.07, 6.45) is 1.11. The molecule has 10 heavy (non-hydrogen) atoms. The van der Waals surface area contributed by atoms with Crippen molar-refractivity contribution in [1.82, 2.24) is 0 Å². The van der Waals surface area contributed by atoms with Crippen molar-refractivity contribution < 1.29 is 9.50 Å². The summed E-state index contributed by atoms with van der Waals surface area (Å²) in [5.41, 5.74) is -1.23. The molecule has 1 aliphatic carbocycles. The second kappa shape index (κ2) is 2.50. The first kappa shape index (κ1) is 7.99. The summed E-state index contributed by atoms with van der Waals surface area (Å²) in [6, 6.07) is 0. The summed E-state index contributed by atoms with van der Waals surface area (Å²) in [5, 5.41) is 8.57. The van der Waals surface area contributed by atoms with Crippen molar-refractivity contribution in [3.63, 3.8) is 0 Å². The van der Waals surface area contributed by atoms with E-state index in [0.29, 0.717) is 24.7 Å². The molecule has 0 spiro atoms. The number of rotatable bonds is 2. The van der Waals surface area contributed by atoms with Gasteiger partial charge >= 0.3 is 0 Å². The van der Waals surface area contributed by atoms with Crippen LogP contribution in [0.2, 0.25) is 0 Å². The number of hydrogen-bond acceptors (Lipinski definition) is 1. The van der Waals surface area contributed by atoms with Gasteiger partial charge in [-0.1, -0.05) is 13.8 Å². The molecule has 0 aromatic heterocycles. The molecule has 0 bridgehead atoms. The summed E-state index contributed by atoms with van der Waals surface area (Å²) in [5.74, 6) is 1.06. The standard InChI is InChI=1S/C8H15FO/c1-6(2)7-3-8(9,4-7)5-10/h6-7,10H,3-5H2,1-2H3. The van der Waals surface area contributed by atoms with Gasteiger partial charge in [-0.2, -0.15) is 0 Å². The molecule has 1 N–H and O–H groups in total. The zero-order valence-electron chi connectivity index (χ0n) is 6.60. The molecule has 0 radical (unpaired) electrons. The van der Waals surface area contributed by atoms with Gasteiger partial charge in [-0.3, -0.25) is 0 Å². The van der Waals surface area contributed by atoms with Crippen LogP contribution in [0.5, 0.6) is 0 Å². The highest BCUT2D eigenvalue weighted by molar-refractivity contribution is 4.95. The summed E-state index contributed by atoms with van der Waals surface area (Å²) in [4.78, 5) is 0. The number of halogens is 1. The van der Waals surface area contributed by atoms with E-state index >= 15 is 0 Å². The minimum absolute atomic E-state index is 0.295. The second-order valence-corrected chi connectivity index (χ2v) is 3.72. The Labute approximate surface area is 61.2 Å². The van der Waals surface area contributed by atoms with E-state index in [1.807, 2.05) is 0 Å². The lowest BCUT2D eigenvalue weighted by Gasteiger charge is -2.42. The third-order valence-electron chi connectivity index (χ3n) is 2.48. The maximum Gasteiger partial charge on any atom is 0.134 e. The van der Waals surface area contributed by atoms with E-state index in [4.69, 9.17) is 5.11 Å². The Morgan fingerprint density at radius 3 is 2.40 bits per heavy atom. The first-order valence-electron chi connectivity index (χ1n) is 3.87. The summed E-state index contributed by atoms with van der Waals surface area (Å²) in [7, 11) is 0. The van der Waals surface area contributed by atoms with E-state index in [1.54, 1.807) is 0 Å². The molecule has 1 rings (SSSR count). The number of aliphatic hydroxyl groups excluding tert-OH is 1. The lowest BCUT2D eigenvalue weighted by Crippen LogP contribution is -2.44. The van der Waals surface area contributed by atoms with E-state index in [-0.39, 0.29) is 6.61 Å². The molecule has 0 amide bonds. The molecular weight excluding hydrogens is 131 g/mol. The van der Waals surface area contributed by atoms with Crippen LogP contribution in [0.3, 0.4) is 0 Å². The summed E-state index contributed by atoms with van der Waals surface area (Å²) >= 11 is 0. The van der Waals surface area contributed by atoms with Gasteiger partial charge in [0.15, 0.2) is 0 Å².